The van der Waals surface area contributed by atoms with Crippen molar-refractivity contribution in [3.05, 3.63) is 0 Å². The molecule has 1 rings (SSSR count). The summed E-state index contributed by atoms with van der Waals surface area (Å²) in [6, 6.07) is 0. The molecule has 0 radical (unpaired) electrons. The van der Waals surface area contributed by atoms with Gasteiger partial charge in [0.25, 0.3) is 0 Å². The van der Waals surface area contributed by atoms with Gasteiger partial charge in [0.15, 0.2) is 0 Å². The first-order valence-corrected chi connectivity index (χ1v) is 5.68. The highest BCUT2D eigenvalue weighted by Gasteiger charge is 2.25. The highest BCUT2D eigenvalue weighted by atomic mass is 32.2. The van der Waals surface area contributed by atoms with Gasteiger partial charge in [-0.05, 0) is 24.3 Å². The van der Waals surface area contributed by atoms with Gasteiger partial charge in [-0.2, -0.15) is 11.8 Å². The summed E-state index contributed by atoms with van der Waals surface area (Å²) in [6.07, 6.45) is 0.778. The first-order valence-electron chi connectivity index (χ1n) is 4.52. The van der Waals surface area contributed by atoms with Gasteiger partial charge in [-0.15, -0.1) is 0 Å². The molecule has 0 aromatic heterocycles. The third kappa shape index (κ3) is 3.55. The zero-order valence-electron chi connectivity index (χ0n) is 7.79. The second kappa shape index (κ2) is 5.47. The third-order valence-electron chi connectivity index (χ3n) is 2.34. The number of methoxy groups -OCH3 is 1. The standard InChI is InChI=1S/C9H15FO2S/c1-12-9(11)6-7-2-4-13-5-3-8(7)10/h7-8H,2-6H2,1H3/t7-,8-/m1/s1. The summed E-state index contributed by atoms with van der Waals surface area (Å²) in [5.41, 5.74) is 0. The van der Waals surface area contributed by atoms with E-state index >= 15 is 0 Å². The van der Waals surface area contributed by atoms with E-state index < -0.39 is 6.17 Å². The molecule has 0 unspecified atom stereocenters. The van der Waals surface area contributed by atoms with Crippen molar-refractivity contribution in [1.29, 1.82) is 0 Å². The van der Waals surface area contributed by atoms with Crippen LogP contribution in [-0.2, 0) is 9.53 Å². The summed E-state index contributed by atoms with van der Waals surface area (Å²) >= 11 is 1.77. The molecule has 1 saturated heterocycles. The maximum atomic E-state index is 13.4. The van der Waals surface area contributed by atoms with Crippen LogP contribution in [0.4, 0.5) is 4.39 Å². The molecule has 1 heterocycles. The fraction of sp³-hybridized carbons (Fsp3) is 0.889. The van der Waals surface area contributed by atoms with Crippen LogP contribution in [0, 0.1) is 5.92 Å². The van der Waals surface area contributed by atoms with Crippen LogP contribution in [-0.4, -0.2) is 30.8 Å². The van der Waals surface area contributed by atoms with Gasteiger partial charge in [-0.25, -0.2) is 4.39 Å². The number of esters is 1. The van der Waals surface area contributed by atoms with E-state index in [1.54, 1.807) is 11.8 Å². The van der Waals surface area contributed by atoms with E-state index in [-0.39, 0.29) is 18.3 Å². The van der Waals surface area contributed by atoms with Crippen molar-refractivity contribution < 1.29 is 13.9 Å². The lowest BCUT2D eigenvalue weighted by Gasteiger charge is -2.15. The Morgan fingerprint density at radius 1 is 1.54 bits per heavy atom. The molecule has 0 aromatic carbocycles. The van der Waals surface area contributed by atoms with Crippen molar-refractivity contribution in [2.45, 2.75) is 25.4 Å². The number of hydrogen-bond donors (Lipinski definition) is 0. The number of ether oxygens (including phenoxy) is 1. The molecule has 0 aliphatic carbocycles. The normalized spacial score (nSPS) is 29.4. The van der Waals surface area contributed by atoms with Crippen LogP contribution in [0.15, 0.2) is 0 Å². The van der Waals surface area contributed by atoms with Gasteiger partial charge in [-0.3, -0.25) is 4.79 Å². The smallest absolute Gasteiger partial charge is 0.305 e. The SMILES string of the molecule is COC(=O)C[C@H]1CCSCC[C@H]1F. The van der Waals surface area contributed by atoms with E-state index in [1.165, 1.54) is 7.11 Å². The molecule has 0 aromatic rings. The van der Waals surface area contributed by atoms with Gasteiger partial charge in [0.05, 0.1) is 13.5 Å². The Kier molecular flexibility index (Phi) is 4.56. The molecule has 4 heteroatoms. The zero-order valence-corrected chi connectivity index (χ0v) is 8.61. The number of carbonyl (C=O) groups is 1. The van der Waals surface area contributed by atoms with Crippen LogP contribution in [0.2, 0.25) is 0 Å². The number of rotatable bonds is 2. The Bertz CT molecular complexity index is 175. The minimum absolute atomic E-state index is 0.123. The van der Waals surface area contributed by atoms with E-state index in [0.717, 1.165) is 17.9 Å². The summed E-state index contributed by atoms with van der Waals surface area (Å²) in [5, 5.41) is 0. The van der Waals surface area contributed by atoms with Gasteiger partial charge in [-0.1, -0.05) is 0 Å². The van der Waals surface area contributed by atoms with E-state index in [0.29, 0.717) is 6.42 Å². The first kappa shape index (κ1) is 10.8. The zero-order chi connectivity index (χ0) is 9.68. The lowest BCUT2D eigenvalue weighted by Crippen LogP contribution is -2.20. The van der Waals surface area contributed by atoms with Crippen LogP contribution in [0.1, 0.15) is 19.3 Å². The van der Waals surface area contributed by atoms with E-state index in [2.05, 4.69) is 4.74 Å². The van der Waals surface area contributed by atoms with Crippen LogP contribution < -0.4 is 0 Å². The van der Waals surface area contributed by atoms with E-state index in [9.17, 15) is 9.18 Å². The Balaban J connectivity index is 2.40. The van der Waals surface area contributed by atoms with Gasteiger partial charge >= 0.3 is 5.97 Å². The molecule has 0 saturated carbocycles. The van der Waals surface area contributed by atoms with Crippen molar-refractivity contribution in [2.24, 2.45) is 5.92 Å². The maximum absolute atomic E-state index is 13.4. The van der Waals surface area contributed by atoms with Gasteiger partial charge < -0.3 is 4.74 Å². The fourth-order valence-corrected chi connectivity index (χ4v) is 2.54. The van der Waals surface area contributed by atoms with E-state index in [4.69, 9.17) is 0 Å². The fourth-order valence-electron chi connectivity index (χ4n) is 1.48. The number of halogens is 1. The quantitative estimate of drug-likeness (QED) is 0.647. The summed E-state index contributed by atoms with van der Waals surface area (Å²) in [4.78, 5) is 10.9. The summed E-state index contributed by atoms with van der Waals surface area (Å²) < 4.78 is 17.9. The van der Waals surface area contributed by atoms with Crippen LogP contribution in [0.5, 0.6) is 0 Å². The minimum Gasteiger partial charge on any atom is -0.469 e. The summed E-state index contributed by atoms with van der Waals surface area (Å²) in [6.45, 7) is 0. The number of alkyl halides is 1. The van der Waals surface area contributed by atoms with Crippen molar-refractivity contribution in [1.82, 2.24) is 0 Å². The van der Waals surface area contributed by atoms with Gasteiger partial charge in [0, 0.05) is 5.92 Å². The minimum atomic E-state index is -0.825. The third-order valence-corrected chi connectivity index (χ3v) is 3.39. The maximum Gasteiger partial charge on any atom is 0.305 e. The average Bonchev–Trinajstić information content (AvgIpc) is 2.32. The van der Waals surface area contributed by atoms with Crippen molar-refractivity contribution in [3.63, 3.8) is 0 Å². The van der Waals surface area contributed by atoms with Crippen molar-refractivity contribution >= 4 is 17.7 Å². The number of hydrogen-bond acceptors (Lipinski definition) is 3. The predicted octanol–water partition coefficient (Wildman–Crippen LogP) is 2.03. The molecule has 1 aliphatic heterocycles. The van der Waals surface area contributed by atoms with E-state index in [1.807, 2.05) is 0 Å². The number of thioether (sulfide) groups is 1. The Morgan fingerprint density at radius 3 is 2.92 bits per heavy atom. The summed E-state index contributed by atoms with van der Waals surface area (Å²) in [5.74, 6) is 1.42. The summed E-state index contributed by atoms with van der Waals surface area (Å²) in [7, 11) is 1.35. The molecule has 76 valence electrons. The molecular formula is C9H15FO2S. The molecule has 0 spiro atoms. The first-order chi connectivity index (χ1) is 6.24. The lowest BCUT2D eigenvalue weighted by atomic mass is 9.95. The molecular weight excluding hydrogens is 191 g/mol. The van der Waals surface area contributed by atoms with Crippen LogP contribution in [0.3, 0.4) is 0 Å². The molecule has 1 aliphatic rings. The van der Waals surface area contributed by atoms with Crippen molar-refractivity contribution in [2.75, 3.05) is 18.6 Å². The molecule has 13 heavy (non-hydrogen) atoms. The molecule has 0 N–H and O–H groups in total. The number of carbonyl (C=O) groups excluding carboxylic acids is 1. The highest BCUT2D eigenvalue weighted by molar-refractivity contribution is 7.99. The Hall–Kier alpha value is -0.250. The molecule has 0 bridgehead atoms. The predicted molar refractivity (Wildman–Crippen MR) is 51.6 cm³/mol. The monoisotopic (exact) mass is 206 g/mol. The molecule has 2 atom stereocenters. The van der Waals surface area contributed by atoms with Crippen LogP contribution >= 0.6 is 11.8 Å². The average molecular weight is 206 g/mol. The largest absolute Gasteiger partial charge is 0.469 e. The van der Waals surface area contributed by atoms with Gasteiger partial charge in [0.2, 0.25) is 0 Å². The second-order valence-corrected chi connectivity index (χ2v) is 4.47. The molecule has 2 nitrogen and oxygen atoms in total. The van der Waals surface area contributed by atoms with Crippen molar-refractivity contribution in [3.8, 4) is 0 Å². The lowest BCUT2D eigenvalue weighted by molar-refractivity contribution is -0.142. The second-order valence-electron chi connectivity index (χ2n) is 3.25. The van der Waals surface area contributed by atoms with Gasteiger partial charge in [0.1, 0.15) is 6.17 Å². The highest BCUT2D eigenvalue weighted by Crippen LogP contribution is 2.27. The topological polar surface area (TPSA) is 26.3 Å². The Morgan fingerprint density at radius 2 is 2.23 bits per heavy atom. The van der Waals surface area contributed by atoms with Crippen LogP contribution in [0.25, 0.3) is 0 Å². The molecule has 1 fully saturated rings. The molecule has 0 amide bonds. The Labute approximate surface area is 82.2 Å².